The molecule has 1 aliphatic rings. The molecule has 4 rings (SSSR count). The summed E-state index contributed by atoms with van der Waals surface area (Å²) in [5.74, 6) is 0.673. The van der Waals surface area contributed by atoms with E-state index in [2.05, 4.69) is 21.9 Å². The van der Waals surface area contributed by atoms with Crippen LogP contribution in [0.2, 0.25) is 0 Å². The van der Waals surface area contributed by atoms with Crippen LogP contribution in [0.5, 0.6) is 5.88 Å². The summed E-state index contributed by atoms with van der Waals surface area (Å²) < 4.78 is 18.7. The summed E-state index contributed by atoms with van der Waals surface area (Å²) in [5.41, 5.74) is 1.32. The Morgan fingerprint density at radius 1 is 1.10 bits per heavy atom. The molecule has 1 aliphatic heterocycles. The number of carbonyl (C=O) groups is 1. The quantitative estimate of drug-likeness (QED) is 0.641. The Kier molecular flexibility index (Phi) is 5.97. The van der Waals surface area contributed by atoms with Gasteiger partial charge in [-0.1, -0.05) is 18.2 Å². The molecule has 0 saturated carbocycles. The molecule has 7 heteroatoms. The van der Waals surface area contributed by atoms with Crippen molar-refractivity contribution in [2.45, 2.75) is 25.8 Å². The second-order valence-electron chi connectivity index (χ2n) is 7.49. The van der Waals surface area contributed by atoms with Crippen LogP contribution in [0, 0.1) is 11.7 Å². The highest BCUT2D eigenvalue weighted by molar-refractivity contribution is 6.00. The fraction of sp³-hybridized carbons (Fsp3) is 0.304. The number of halogens is 1. The topological polar surface area (TPSA) is 68.2 Å². The number of nitrogens with zero attached hydrogens (tertiary/aromatic N) is 4. The van der Waals surface area contributed by atoms with Crippen molar-refractivity contribution in [1.29, 1.82) is 0 Å². The first-order chi connectivity index (χ1) is 14.6. The van der Waals surface area contributed by atoms with Crippen molar-refractivity contribution in [3.63, 3.8) is 0 Å². The molecular weight excluding hydrogens is 383 g/mol. The molecule has 0 spiro atoms. The van der Waals surface area contributed by atoms with E-state index >= 15 is 0 Å². The van der Waals surface area contributed by atoms with Crippen LogP contribution in [0.1, 0.15) is 30.1 Å². The second-order valence-corrected chi connectivity index (χ2v) is 7.49. The first-order valence-corrected chi connectivity index (χ1v) is 10.0. The third-order valence-electron chi connectivity index (χ3n) is 5.37. The number of pyridine rings is 1. The lowest BCUT2D eigenvalue weighted by Gasteiger charge is -2.38. The predicted molar refractivity (Wildman–Crippen MR) is 110 cm³/mol. The molecular formula is C23H23FN4O2. The predicted octanol–water partition coefficient (Wildman–Crippen LogP) is 4.00. The van der Waals surface area contributed by atoms with E-state index in [0.29, 0.717) is 30.4 Å². The Balaban J connectivity index is 1.49. The van der Waals surface area contributed by atoms with Crippen molar-refractivity contribution in [2.24, 2.45) is 5.92 Å². The molecule has 3 heterocycles. The number of rotatable bonds is 5. The molecule has 1 saturated heterocycles. The average Bonchev–Trinajstić information content (AvgIpc) is 2.80. The van der Waals surface area contributed by atoms with Crippen molar-refractivity contribution in [1.82, 2.24) is 19.9 Å². The van der Waals surface area contributed by atoms with Gasteiger partial charge in [0.1, 0.15) is 5.82 Å². The number of amides is 1. The minimum Gasteiger partial charge on any atom is -0.477 e. The van der Waals surface area contributed by atoms with E-state index in [4.69, 9.17) is 4.74 Å². The third kappa shape index (κ3) is 4.45. The van der Waals surface area contributed by atoms with E-state index in [1.54, 1.807) is 18.5 Å². The number of ether oxygens (including phenoxy) is 1. The Hall–Kier alpha value is -3.35. The van der Waals surface area contributed by atoms with Gasteiger partial charge >= 0.3 is 0 Å². The van der Waals surface area contributed by atoms with Crippen molar-refractivity contribution in [2.75, 3.05) is 13.2 Å². The molecule has 0 bridgehead atoms. The van der Waals surface area contributed by atoms with Gasteiger partial charge in [0.25, 0.3) is 5.91 Å². The largest absolute Gasteiger partial charge is 0.477 e. The fourth-order valence-corrected chi connectivity index (χ4v) is 3.71. The Morgan fingerprint density at radius 3 is 2.67 bits per heavy atom. The van der Waals surface area contributed by atoms with Gasteiger partial charge in [0.2, 0.25) is 5.88 Å². The molecule has 0 unspecified atom stereocenters. The van der Waals surface area contributed by atoms with Gasteiger partial charge in [-0.15, -0.1) is 0 Å². The maximum absolute atomic E-state index is 13.4. The van der Waals surface area contributed by atoms with Gasteiger partial charge < -0.3 is 9.64 Å². The molecule has 0 radical (unpaired) electrons. The zero-order valence-corrected chi connectivity index (χ0v) is 16.7. The molecule has 6 nitrogen and oxygen atoms in total. The highest BCUT2D eigenvalue weighted by Crippen LogP contribution is 2.27. The van der Waals surface area contributed by atoms with Crippen LogP contribution in [0.4, 0.5) is 4.39 Å². The lowest BCUT2D eigenvalue weighted by Crippen LogP contribution is -2.47. The molecule has 0 aliphatic carbocycles. The molecule has 1 amide bonds. The summed E-state index contributed by atoms with van der Waals surface area (Å²) in [4.78, 5) is 27.9. The standard InChI is InChI=1S/C23H23FN4O2/c1-16-7-8-17(15-30-21-10-9-18(24)13-27-21)14-28(16)23(29)20-6-3-2-5-19(20)22-25-11-4-12-26-22/h2-6,9-13,16-17H,7-8,14-15H2,1H3/t16-,17-/m1/s1. The second kappa shape index (κ2) is 8.98. The molecule has 0 N–H and O–H groups in total. The number of carbonyl (C=O) groups excluding carboxylic acids is 1. The van der Waals surface area contributed by atoms with E-state index < -0.39 is 5.82 Å². The molecule has 1 fully saturated rings. The highest BCUT2D eigenvalue weighted by atomic mass is 19.1. The van der Waals surface area contributed by atoms with Gasteiger partial charge in [0.05, 0.1) is 18.4 Å². The van der Waals surface area contributed by atoms with Crippen LogP contribution < -0.4 is 4.74 Å². The smallest absolute Gasteiger partial charge is 0.254 e. The van der Waals surface area contributed by atoms with Crippen molar-refractivity contribution in [3.05, 3.63) is 72.4 Å². The number of aromatic nitrogens is 3. The Bertz CT molecular complexity index is 998. The highest BCUT2D eigenvalue weighted by Gasteiger charge is 2.31. The maximum Gasteiger partial charge on any atom is 0.254 e. The first-order valence-electron chi connectivity index (χ1n) is 10.0. The van der Waals surface area contributed by atoms with Crippen molar-refractivity contribution < 1.29 is 13.9 Å². The van der Waals surface area contributed by atoms with Gasteiger partial charge in [-0.05, 0) is 38.0 Å². The van der Waals surface area contributed by atoms with Gasteiger partial charge in [0, 0.05) is 42.5 Å². The van der Waals surface area contributed by atoms with Crippen LogP contribution in [-0.4, -0.2) is 45.0 Å². The Labute approximate surface area is 174 Å². The van der Waals surface area contributed by atoms with Crippen LogP contribution in [-0.2, 0) is 0 Å². The monoisotopic (exact) mass is 406 g/mol. The van der Waals surface area contributed by atoms with Gasteiger partial charge in [-0.3, -0.25) is 4.79 Å². The summed E-state index contributed by atoms with van der Waals surface area (Å²) >= 11 is 0. The summed E-state index contributed by atoms with van der Waals surface area (Å²) in [6.07, 6.45) is 6.32. The molecule has 2 aromatic heterocycles. The lowest BCUT2D eigenvalue weighted by molar-refractivity contribution is 0.0503. The van der Waals surface area contributed by atoms with Crippen LogP contribution in [0.15, 0.2) is 61.1 Å². The number of piperidine rings is 1. The fourth-order valence-electron chi connectivity index (χ4n) is 3.71. The van der Waals surface area contributed by atoms with E-state index in [9.17, 15) is 9.18 Å². The minimum absolute atomic E-state index is 0.0323. The van der Waals surface area contributed by atoms with Gasteiger partial charge in [0.15, 0.2) is 5.82 Å². The number of hydrogen-bond donors (Lipinski definition) is 0. The SMILES string of the molecule is C[C@@H]1CC[C@@H](COc2ccc(F)cn2)CN1C(=O)c1ccccc1-c1ncccn1. The zero-order chi connectivity index (χ0) is 20.9. The minimum atomic E-state index is -0.397. The summed E-state index contributed by atoms with van der Waals surface area (Å²) in [6, 6.07) is 12.2. The molecule has 3 aromatic rings. The summed E-state index contributed by atoms with van der Waals surface area (Å²) in [5, 5.41) is 0. The van der Waals surface area contributed by atoms with Crippen LogP contribution in [0.25, 0.3) is 11.4 Å². The molecule has 154 valence electrons. The normalized spacial score (nSPS) is 18.8. The van der Waals surface area contributed by atoms with Crippen molar-refractivity contribution in [3.8, 4) is 17.3 Å². The number of benzene rings is 1. The van der Waals surface area contributed by atoms with Crippen LogP contribution >= 0.6 is 0 Å². The Morgan fingerprint density at radius 2 is 1.90 bits per heavy atom. The first kappa shape index (κ1) is 19.9. The maximum atomic E-state index is 13.4. The zero-order valence-electron chi connectivity index (χ0n) is 16.7. The molecule has 30 heavy (non-hydrogen) atoms. The number of likely N-dealkylation sites (tertiary alicyclic amines) is 1. The summed E-state index contributed by atoms with van der Waals surface area (Å²) in [7, 11) is 0. The lowest BCUT2D eigenvalue weighted by atomic mass is 9.92. The molecule has 2 atom stereocenters. The third-order valence-corrected chi connectivity index (χ3v) is 5.37. The number of hydrogen-bond acceptors (Lipinski definition) is 5. The average molecular weight is 406 g/mol. The van der Waals surface area contributed by atoms with Gasteiger partial charge in [-0.2, -0.15) is 0 Å². The van der Waals surface area contributed by atoms with Crippen LogP contribution in [0.3, 0.4) is 0 Å². The van der Waals surface area contributed by atoms with Gasteiger partial charge in [-0.25, -0.2) is 19.3 Å². The van der Waals surface area contributed by atoms with E-state index in [-0.39, 0.29) is 17.9 Å². The van der Waals surface area contributed by atoms with E-state index in [0.717, 1.165) is 24.6 Å². The van der Waals surface area contributed by atoms with Crippen molar-refractivity contribution >= 4 is 5.91 Å². The van der Waals surface area contributed by atoms with E-state index in [1.807, 2.05) is 29.2 Å². The van der Waals surface area contributed by atoms with E-state index in [1.165, 1.54) is 12.1 Å². The summed E-state index contributed by atoms with van der Waals surface area (Å²) in [6.45, 7) is 3.09. The molecule has 1 aromatic carbocycles.